The quantitative estimate of drug-likeness (QED) is 0.670. The minimum Gasteiger partial charge on any atom is -0.356 e. The number of benzene rings is 2. The minimum absolute atomic E-state index is 0.116. The Balaban J connectivity index is 1.48. The lowest BCUT2D eigenvalue weighted by Gasteiger charge is -2.23. The highest BCUT2D eigenvalue weighted by Gasteiger charge is 2.27. The van der Waals surface area contributed by atoms with Gasteiger partial charge >= 0.3 is 0 Å². The van der Waals surface area contributed by atoms with Gasteiger partial charge in [0.05, 0.1) is 0 Å². The summed E-state index contributed by atoms with van der Waals surface area (Å²) in [5.74, 6) is 0.297. The molecule has 2 atom stereocenters. The molecule has 0 saturated heterocycles. The Bertz CT molecular complexity index is 648. The van der Waals surface area contributed by atoms with Gasteiger partial charge in [-0.3, -0.25) is 9.69 Å². The van der Waals surface area contributed by atoms with E-state index in [4.69, 9.17) is 5.73 Å². The van der Waals surface area contributed by atoms with E-state index in [1.807, 2.05) is 0 Å². The van der Waals surface area contributed by atoms with Crippen molar-refractivity contribution in [3.05, 3.63) is 71.8 Å². The van der Waals surface area contributed by atoms with Gasteiger partial charge in [0.2, 0.25) is 5.91 Å². The third kappa shape index (κ3) is 6.49. The number of nitrogens with two attached hydrogens (primary N) is 1. The van der Waals surface area contributed by atoms with Crippen LogP contribution >= 0.6 is 0 Å². The van der Waals surface area contributed by atoms with Crippen LogP contribution in [-0.4, -0.2) is 29.9 Å². The Kier molecular flexibility index (Phi) is 7.43. The molecule has 3 N–H and O–H groups in total. The standard InChI is InChI=1S/C23H31N3O/c24-22-13-12-21(16-22)23(27)25-14-7-15-26(17-19-8-3-1-4-9-19)18-20-10-5-2-6-11-20/h1-6,8-11,21-22H,7,12-18,24H2,(H,25,27). The van der Waals surface area contributed by atoms with E-state index in [2.05, 4.69) is 70.9 Å². The largest absolute Gasteiger partial charge is 0.356 e. The van der Waals surface area contributed by atoms with Crippen LogP contribution in [0.4, 0.5) is 0 Å². The number of nitrogens with one attached hydrogen (secondary N) is 1. The molecule has 0 spiro atoms. The average Bonchev–Trinajstić information content (AvgIpc) is 3.13. The molecule has 144 valence electrons. The van der Waals surface area contributed by atoms with E-state index in [1.165, 1.54) is 11.1 Å². The maximum atomic E-state index is 12.2. The Morgan fingerprint density at radius 3 is 2.07 bits per heavy atom. The van der Waals surface area contributed by atoms with Gasteiger partial charge in [0.1, 0.15) is 0 Å². The van der Waals surface area contributed by atoms with Gasteiger partial charge in [0, 0.05) is 38.1 Å². The molecular formula is C23H31N3O. The Morgan fingerprint density at radius 2 is 1.56 bits per heavy atom. The molecule has 1 amide bonds. The summed E-state index contributed by atoms with van der Waals surface area (Å²) >= 11 is 0. The number of hydrogen-bond donors (Lipinski definition) is 2. The predicted molar refractivity (Wildman–Crippen MR) is 110 cm³/mol. The Hall–Kier alpha value is -2.17. The van der Waals surface area contributed by atoms with Crippen LogP contribution in [-0.2, 0) is 17.9 Å². The van der Waals surface area contributed by atoms with Crippen LogP contribution in [0, 0.1) is 5.92 Å². The summed E-state index contributed by atoms with van der Waals surface area (Å²) in [7, 11) is 0. The molecule has 1 aliphatic rings. The zero-order valence-electron chi connectivity index (χ0n) is 16.0. The topological polar surface area (TPSA) is 58.4 Å². The SMILES string of the molecule is NC1CCC(C(=O)NCCCN(Cc2ccccc2)Cc2ccccc2)C1. The summed E-state index contributed by atoms with van der Waals surface area (Å²) < 4.78 is 0. The summed E-state index contributed by atoms with van der Waals surface area (Å²) in [6, 6.07) is 21.3. The third-order valence-corrected chi connectivity index (χ3v) is 5.29. The highest BCUT2D eigenvalue weighted by atomic mass is 16.1. The van der Waals surface area contributed by atoms with Crippen LogP contribution in [0.2, 0.25) is 0 Å². The van der Waals surface area contributed by atoms with Gasteiger partial charge < -0.3 is 11.1 Å². The van der Waals surface area contributed by atoms with E-state index < -0.39 is 0 Å². The summed E-state index contributed by atoms with van der Waals surface area (Å²) in [5, 5.41) is 3.11. The number of carbonyl (C=O) groups is 1. The lowest BCUT2D eigenvalue weighted by molar-refractivity contribution is -0.124. The van der Waals surface area contributed by atoms with Crippen molar-refractivity contribution >= 4 is 5.91 Å². The molecule has 1 fully saturated rings. The van der Waals surface area contributed by atoms with Crippen molar-refractivity contribution in [3.8, 4) is 0 Å². The Morgan fingerprint density at radius 1 is 0.963 bits per heavy atom. The van der Waals surface area contributed by atoms with Crippen LogP contribution < -0.4 is 11.1 Å². The smallest absolute Gasteiger partial charge is 0.223 e. The van der Waals surface area contributed by atoms with Crippen LogP contribution in [0.1, 0.15) is 36.8 Å². The van der Waals surface area contributed by atoms with Crippen LogP contribution in [0.25, 0.3) is 0 Å². The zero-order chi connectivity index (χ0) is 18.9. The molecule has 2 aromatic rings. The number of carbonyl (C=O) groups excluding carboxylic acids is 1. The van der Waals surface area contributed by atoms with Gasteiger partial charge in [-0.05, 0) is 36.8 Å². The van der Waals surface area contributed by atoms with Crippen molar-refractivity contribution in [2.75, 3.05) is 13.1 Å². The van der Waals surface area contributed by atoms with E-state index in [9.17, 15) is 4.79 Å². The van der Waals surface area contributed by atoms with E-state index >= 15 is 0 Å². The first-order valence-electron chi connectivity index (χ1n) is 10.0. The summed E-state index contributed by atoms with van der Waals surface area (Å²) in [6.07, 6.45) is 3.69. The molecule has 4 heteroatoms. The minimum atomic E-state index is 0.116. The summed E-state index contributed by atoms with van der Waals surface area (Å²) in [5.41, 5.74) is 8.55. The molecule has 0 aromatic heterocycles. The lowest BCUT2D eigenvalue weighted by Crippen LogP contribution is -2.33. The summed E-state index contributed by atoms with van der Waals surface area (Å²) in [4.78, 5) is 14.7. The molecule has 0 aliphatic heterocycles. The number of rotatable bonds is 9. The molecule has 0 heterocycles. The van der Waals surface area contributed by atoms with Crippen LogP contribution in [0.5, 0.6) is 0 Å². The van der Waals surface area contributed by atoms with Crippen molar-refractivity contribution < 1.29 is 4.79 Å². The maximum Gasteiger partial charge on any atom is 0.223 e. The van der Waals surface area contributed by atoms with Gasteiger partial charge in [0.15, 0.2) is 0 Å². The van der Waals surface area contributed by atoms with Crippen LogP contribution in [0.15, 0.2) is 60.7 Å². The fourth-order valence-electron chi connectivity index (χ4n) is 3.81. The van der Waals surface area contributed by atoms with E-state index in [-0.39, 0.29) is 17.9 Å². The molecule has 27 heavy (non-hydrogen) atoms. The first kappa shape index (κ1) is 19.6. The molecule has 2 unspecified atom stereocenters. The second kappa shape index (κ2) is 10.2. The van der Waals surface area contributed by atoms with Gasteiger partial charge in [-0.2, -0.15) is 0 Å². The van der Waals surface area contributed by atoms with E-state index in [0.29, 0.717) is 0 Å². The van der Waals surface area contributed by atoms with Crippen molar-refractivity contribution in [1.82, 2.24) is 10.2 Å². The first-order chi connectivity index (χ1) is 13.2. The van der Waals surface area contributed by atoms with E-state index in [0.717, 1.165) is 51.9 Å². The maximum absolute atomic E-state index is 12.2. The molecule has 2 aromatic carbocycles. The Labute approximate surface area is 162 Å². The average molecular weight is 366 g/mol. The monoisotopic (exact) mass is 365 g/mol. The second-order valence-corrected chi connectivity index (χ2v) is 7.60. The van der Waals surface area contributed by atoms with Crippen molar-refractivity contribution in [2.45, 2.75) is 44.8 Å². The molecule has 0 bridgehead atoms. The van der Waals surface area contributed by atoms with Gasteiger partial charge in [-0.15, -0.1) is 0 Å². The molecular weight excluding hydrogens is 334 g/mol. The lowest BCUT2D eigenvalue weighted by atomic mass is 10.1. The highest BCUT2D eigenvalue weighted by Crippen LogP contribution is 2.23. The van der Waals surface area contributed by atoms with E-state index in [1.54, 1.807) is 0 Å². The molecule has 0 radical (unpaired) electrons. The number of nitrogens with zero attached hydrogens (tertiary/aromatic N) is 1. The summed E-state index contributed by atoms with van der Waals surface area (Å²) in [6.45, 7) is 3.52. The highest BCUT2D eigenvalue weighted by molar-refractivity contribution is 5.78. The molecule has 1 saturated carbocycles. The number of amides is 1. The fraction of sp³-hybridized carbons (Fsp3) is 0.435. The van der Waals surface area contributed by atoms with Crippen molar-refractivity contribution in [2.24, 2.45) is 11.7 Å². The van der Waals surface area contributed by atoms with Gasteiger partial charge in [-0.25, -0.2) is 0 Å². The van der Waals surface area contributed by atoms with Crippen molar-refractivity contribution in [3.63, 3.8) is 0 Å². The van der Waals surface area contributed by atoms with Crippen LogP contribution in [0.3, 0.4) is 0 Å². The normalized spacial score (nSPS) is 19.3. The first-order valence-corrected chi connectivity index (χ1v) is 10.0. The fourth-order valence-corrected chi connectivity index (χ4v) is 3.81. The molecule has 1 aliphatic carbocycles. The van der Waals surface area contributed by atoms with Gasteiger partial charge in [-0.1, -0.05) is 60.7 Å². The van der Waals surface area contributed by atoms with Crippen molar-refractivity contribution in [1.29, 1.82) is 0 Å². The zero-order valence-corrected chi connectivity index (χ0v) is 16.0. The predicted octanol–water partition coefficient (Wildman–Crippen LogP) is 3.32. The molecule has 3 rings (SSSR count). The van der Waals surface area contributed by atoms with Gasteiger partial charge in [0.25, 0.3) is 0 Å². The number of hydrogen-bond acceptors (Lipinski definition) is 3. The second-order valence-electron chi connectivity index (χ2n) is 7.60. The third-order valence-electron chi connectivity index (χ3n) is 5.29. The molecule has 4 nitrogen and oxygen atoms in total.